The van der Waals surface area contributed by atoms with E-state index in [1.165, 1.54) is 0 Å². The molecule has 0 aliphatic carbocycles. The molecule has 0 amide bonds. The summed E-state index contributed by atoms with van der Waals surface area (Å²) in [7, 11) is 0. The lowest BCUT2D eigenvalue weighted by Gasteiger charge is -2.17. The molecule has 0 spiro atoms. The molecule has 1 aromatic heterocycles. The van der Waals surface area contributed by atoms with Crippen LogP contribution >= 0.6 is 15.9 Å². The molecule has 1 aromatic carbocycles. The Kier molecular flexibility index (Phi) is 3.59. The maximum atomic E-state index is 5.86. The number of rotatable bonds is 3. The van der Waals surface area contributed by atoms with E-state index in [1.54, 1.807) is 0 Å². The third-order valence-corrected chi connectivity index (χ3v) is 3.15. The Morgan fingerprint density at radius 2 is 2.18 bits per heavy atom. The van der Waals surface area contributed by atoms with Gasteiger partial charge in [0.1, 0.15) is 11.6 Å². The SMILES string of the molecule is Cc1nc(C)n(C(CN)c2cccc(Br)c2)n1. The van der Waals surface area contributed by atoms with E-state index >= 15 is 0 Å². The second-order valence-corrected chi connectivity index (χ2v) is 4.87. The van der Waals surface area contributed by atoms with Crippen molar-refractivity contribution >= 4 is 15.9 Å². The first-order chi connectivity index (χ1) is 8.11. The lowest BCUT2D eigenvalue weighted by Crippen LogP contribution is -2.22. The molecule has 0 saturated carbocycles. The van der Waals surface area contributed by atoms with Gasteiger partial charge in [-0.1, -0.05) is 28.1 Å². The van der Waals surface area contributed by atoms with Crippen molar-refractivity contribution in [3.05, 3.63) is 46.0 Å². The number of aryl methyl sites for hydroxylation is 2. The van der Waals surface area contributed by atoms with Crippen LogP contribution in [0.15, 0.2) is 28.7 Å². The van der Waals surface area contributed by atoms with Gasteiger partial charge in [0, 0.05) is 11.0 Å². The maximum Gasteiger partial charge on any atom is 0.147 e. The highest BCUT2D eigenvalue weighted by Crippen LogP contribution is 2.21. The molecule has 0 saturated heterocycles. The van der Waals surface area contributed by atoms with Crippen molar-refractivity contribution < 1.29 is 0 Å². The van der Waals surface area contributed by atoms with Crippen LogP contribution in [0.4, 0.5) is 0 Å². The molecule has 2 rings (SSSR count). The number of hydrogen-bond donors (Lipinski definition) is 1. The fourth-order valence-electron chi connectivity index (χ4n) is 1.92. The van der Waals surface area contributed by atoms with Gasteiger partial charge in [-0.05, 0) is 31.5 Å². The summed E-state index contributed by atoms with van der Waals surface area (Å²) in [5, 5.41) is 4.40. The van der Waals surface area contributed by atoms with Crippen molar-refractivity contribution in [1.82, 2.24) is 14.8 Å². The minimum Gasteiger partial charge on any atom is -0.328 e. The van der Waals surface area contributed by atoms with Crippen molar-refractivity contribution in [2.24, 2.45) is 5.73 Å². The van der Waals surface area contributed by atoms with E-state index < -0.39 is 0 Å². The normalized spacial score (nSPS) is 12.7. The van der Waals surface area contributed by atoms with Crippen molar-refractivity contribution in [3.63, 3.8) is 0 Å². The number of hydrogen-bond acceptors (Lipinski definition) is 3. The molecule has 0 fully saturated rings. The summed E-state index contributed by atoms with van der Waals surface area (Å²) >= 11 is 3.47. The average Bonchev–Trinajstić information content (AvgIpc) is 2.59. The van der Waals surface area contributed by atoms with Crippen molar-refractivity contribution in [2.45, 2.75) is 19.9 Å². The zero-order valence-electron chi connectivity index (χ0n) is 9.89. The molecule has 0 aliphatic heterocycles. The lowest BCUT2D eigenvalue weighted by molar-refractivity contribution is 0.514. The molecule has 2 aromatic rings. The van der Waals surface area contributed by atoms with Crippen LogP contribution in [-0.2, 0) is 0 Å². The number of halogens is 1. The number of aromatic nitrogens is 3. The highest BCUT2D eigenvalue weighted by Gasteiger charge is 2.16. The standard InChI is InChI=1S/C12H15BrN4/c1-8-15-9(2)17(16-8)12(7-14)10-4-3-5-11(13)6-10/h3-6,12H,7,14H2,1-2H3. The van der Waals surface area contributed by atoms with Crippen LogP contribution in [0.25, 0.3) is 0 Å². The molecule has 0 aliphatic rings. The van der Waals surface area contributed by atoms with E-state index in [9.17, 15) is 0 Å². The van der Waals surface area contributed by atoms with Crippen molar-refractivity contribution in [3.8, 4) is 0 Å². The smallest absolute Gasteiger partial charge is 0.147 e. The summed E-state index contributed by atoms with van der Waals surface area (Å²) in [5.74, 6) is 1.66. The van der Waals surface area contributed by atoms with Gasteiger partial charge in [-0.15, -0.1) is 0 Å². The van der Waals surface area contributed by atoms with Crippen LogP contribution in [0, 0.1) is 13.8 Å². The summed E-state index contributed by atoms with van der Waals surface area (Å²) in [6.45, 7) is 4.33. The van der Waals surface area contributed by atoms with Crippen LogP contribution in [0.3, 0.4) is 0 Å². The molecule has 1 unspecified atom stereocenters. The molecule has 4 nitrogen and oxygen atoms in total. The first kappa shape index (κ1) is 12.3. The van der Waals surface area contributed by atoms with E-state index in [0.29, 0.717) is 6.54 Å². The zero-order chi connectivity index (χ0) is 12.4. The van der Waals surface area contributed by atoms with Gasteiger partial charge >= 0.3 is 0 Å². The second-order valence-electron chi connectivity index (χ2n) is 3.96. The van der Waals surface area contributed by atoms with Gasteiger partial charge in [-0.3, -0.25) is 0 Å². The van der Waals surface area contributed by atoms with Gasteiger partial charge in [-0.2, -0.15) is 5.10 Å². The van der Waals surface area contributed by atoms with Crippen LogP contribution in [0.5, 0.6) is 0 Å². The van der Waals surface area contributed by atoms with Gasteiger partial charge < -0.3 is 5.73 Å². The van der Waals surface area contributed by atoms with Crippen LogP contribution in [0.1, 0.15) is 23.3 Å². The fraction of sp³-hybridized carbons (Fsp3) is 0.333. The minimum absolute atomic E-state index is 0.0358. The van der Waals surface area contributed by atoms with Crippen molar-refractivity contribution in [2.75, 3.05) is 6.54 Å². The topological polar surface area (TPSA) is 56.7 Å². The monoisotopic (exact) mass is 294 g/mol. The first-order valence-electron chi connectivity index (χ1n) is 5.47. The zero-order valence-corrected chi connectivity index (χ0v) is 11.5. The Morgan fingerprint density at radius 1 is 1.41 bits per heavy atom. The highest BCUT2D eigenvalue weighted by molar-refractivity contribution is 9.10. The summed E-state index contributed by atoms with van der Waals surface area (Å²) in [4.78, 5) is 4.31. The summed E-state index contributed by atoms with van der Waals surface area (Å²) < 4.78 is 2.93. The Balaban J connectivity index is 2.43. The molecule has 1 heterocycles. The van der Waals surface area contributed by atoms with E-state index in [2.05, 4.69) is 38.1 Å². The molecule has 90 valence electrons. The first-order valence-corrected chi connectivity index (χ1v) is 6.26. The average molecular weight is 295 g/mol. The summed E-state index contributed by atoms with van der Waals surface area (Å²) in [6, 6.07) is 8.15. The largest absolute Gasteiger partial charge is 0.328 e. The van der Waals surface area contributed by atoms with E-state index in [-0.39, 0.29) is 6.04 Å². The summed E-state index contributed by atoms with van der Waals surface area (Å²) in [6.07, 6.45) is 0. The van der Waals surface area contributed by atoms with Gasteiger partial charge in [-0.25, -0.2) is 9.67 Å². The fourth-order valence-corrected chi connectivity index (χ4v) is 2.34. The van der Waals surface area contributed by atoms with Gasteiger partial charge in [0.2, 0.25) is 0 Å². The molecule has 1 atom stereocenters. The Morgan fingerprint density at radius 3 is 2.71 bits per heavy atom. The highest BCUT2D eigenvalue weighted by atomic mass is 79.9. The Labute approximate surface area is 109 Å². The van der Waals surface area contributed by atoms with Crippen LogP contribution < -0.4 is 5.73 Å². The molecule has 5 heteroatoms. The molecule has 2 N–H and O–H groups in total. The quantitative estimate of drug-likeness (QED) is 0.944. The third-order valence-electron chi connectivity index (χ3n) is 2.66. The predicted octanol–water partition coefficient (Wildman–Crippen LogP) is 2.21. The molecule has 17 heavy (non-hydrogen) atoms. The third kappa shape index (κ3) is 2.56. The lowest BCUT2D eigenvalue weighted by atomic mass is 10.1. The van der Waals surface area contributed by atoms with Gasteiger partial charge in [0.25, 0.3) is 0 Å². The van der Waals surface area contributed by atoms with Crippen LogP contribution in [0.2, 0.25) is 0 Å². The van der Waals surface area contributed by atoms with E-state index in [1.807, 2.05) is 30.7 Å². The van der Waals surface area contributed by atoms with Gasteiger partial charge in [0.15, 0.2) is 0 Å². The number of benzene rings is 1. The number of nitrogens with two attached hydrogens (primary N) is 1. The molecule has 0 radical (unpaired) electrons. The Hall–Kier alpha value is -1.20. The van der Waals surface area contributed by atoms with E-state index in [4.69, 9.17) is 5.73 Å². The molecular weight excluding hydrogens is 280 g/mol. The molecule has 0 bridgehead atoms. The van der Waals surface area contributed by atoms with Gasteiger partial charge in [0.05, 0.1) is 6.04 Å². The molecular formula is C12H15BrN4. The maximum absolute atomic E-state index is 5.86. The summed E-state index contributed by atoms with van der Waals surface area (Å²) in [5.41, 5.74) is 7.00. The van der Waals surface area contributed by atoms with Crippen molar-refractivity contribution in [1.29, 1.82) is 0 Å². The van der Waals surface area contributed by atoms with Crippen LogP contribution in [-0.4, -0.2) is 21.3 Å². The Bertz CT molecular complexity index is 521. The predicted molar refractivity (Wildman–Crippen MR) is 70.8 cm³/mol. The minimum atomic E-state index is 0.0358. The second kappa shape index (κ2) is 4.98. The number of nitrogens with zero attached hydrogens (tertiary/aromatic N) is 3. The van der Waals surface area contributed by atoms with E-state index in [0.717, 1.165) is 21.7 Å².